The first-order chi connectivity index (χ1) is 14.1. The van der Waals surface area contributed by atoms with Crippen LogP contribution < -0.4 is 11.1 Å². The molecule has 0 fully saturated rings. The molecule has 1 atom stereocenters. The molecule has 1 aliphatic rings. The summed E-state index contributed by atoms with van der Waals surface area (Å²) in [5, 5.41) is 31.0. The van der Waals surface area contributed by atoms with Crippen LogP contribution in [0.15, 0.2) is 48.8 Å². The van der Waals surface area contributed by atoms with E-state index in [2.05, 4.69) is 33.5 Å². The molecule has 3 aromatic rings. The van der Waals surface area contributed by atoms with Gasteiger partial charge in [-0.25, -0.2) is 9.97 Å². The molecule has 5 N–H and O–H groups in total. The molecule has 0 spiro atoms. The average molecular weight is 384 g/mol. The summed E-state index contributed by atoms with van der Waals surface area (Å²) in [6.45, 7) is 0. The molecule has 2 aromatic carbocycles. The number of aryl methyl sites for hydroxylation is 1. The Morgan fingerprint density at radius 1 is 1.21 bits per heavy atom. The number of nitrogen functional groups attached to an aromatic ring is 1. The van der Waals surface area contributed by atoms with Crippen LogP contribution in [0.25, 0.3) is 0 Å². The molecule has 4 rings (SSSR count). The van der Waals surface area contributed by atoms with Crippen LogP contribution in [0.4, 0.5) is 11.6 Å². The van der Waals surface area contributed by atoms with Gasteiger partial charge in [0.2, 0.25) is 0 Å². The number of anilines is 2. The predicted octanol–water partition coefficient (Wildman–Crippen LogP) is 3.02. The summed E-state index contributed by atoms with van der Waals surface area (Å²) in [5.74, 6) is 0.564. The van der Waals surface area contributed by atoms with E-state index >= 15 is 0 Å². The quantitative estimate of drug-likeness (QED) is 0.511. The standard InChI is InChI=1S/C22H20N6O/c23-11-16-9-15(6-8-18(16)29)20(24)19-21(25)26-12-27-22(19)28-17-7-5-13-3-1-2-4-14(13)10-17/h1-4,6,8-9,12,17,24,29H,5,7,10H2,(H3,25,26,27,28). The van der Waals surface area contributed by atoms with E-state index < -0.39 is 0 Å². The van der Waals surface area contributed by atoms with E-state index in [-0.39, 0.29) is 28.9 Å². The molecule has 0 saturated carbocycles. The number of nitrogens with zero attached hydrogens (tertiary/aromatic N) is 3. The van der Waals surface area contributed by atoms with E-state index in [1.807, 2.05) is 12.1 Å². The molecular formula is C22H20N6O. The highest BCUT2D eigenvalue weighted by Crippen LogP contribution is 2.28. The van der Waals surface area contributed by atoms with Gasteiger partial charge in [0.25, 0.3) is 0 Å². The summed E-state index contributed by atoms with van der Waals surface area (Å²) in [5.41, 5.74) is 9.82. The molecule has 1 aliphatic carbocycles. The fraction of sp³-hybridized carbons (Fsp3) is 0.182. The van der Waals surface area contributed by atoms with Crippen LogP contribution in [0.2, 0.25) is 0 Å². The van der Waals surface area contributed by atoms with Gasteiger partial charge in [0.05, 0.1) is 16.8 Å². The highest BCUT2D eigenvalue weighted by molar-refractivity contribution is 6.16. The van der Waals surface area contributed by atoms with Crippen molar-refractivity contribution in [2.75, 3.05) is 11.1 Å². The second-order valence-electron chi connectivity index (χ2n) is 7.05. The molecule has 0 aliphatic heterocycles. The maximum absolute atomic E-state index is 9.74. The summed E-state index contributed by atoms with van der Waals surface area (Å²) in [4.78, 5) is 8.39. The number of fused-ring (bicyclic) bond motifs is 1. The van der Waals surface area contributed by atoms with E-state index in [1.165, 1.54) is 29.6 Å². The predicted molar refractivity (Wildman–Crippen MR) is 111 cm³/mol. The molecule has 144 valence electrons. The normalized spacial score (nSPS) is 15.2. The molecule has 1 unspecified atom stereocenters. The van der Waals surface area contributed by atoms with Crippen LogP contribution in [-0.2, 0) is 12.8 Å². The topological polar surface area (TPSA) is 132 Å². The molecule has 7 nitrogen and oxygen atoms in total. The van der Waals surface area contributed by atoms with Gasteiger partial charge < -0.3 is 16.2 Å². The summed E-state index contributed by atoms with van der Waals surface area (Å²) in [6.07, 6.45) is 4.17. The maximum atomic E-state index is 9.74. The maximum Gasteiger partial charge on any atom is 0.141 e. The van der Waals surface area contributed by atoms with Gasteiger partial charge in [-0.3, -0.25) is 5.41 Å². The Balaban J connectivity index is 1.64. The minimum absolute atomic E-state index is 0.0957. The second kappa shape index (κ2) is 7.60. The molecular weight excluding hydrogens is 364 g/mol. The largest absolute Gasteiger partial charge is 0.507 e. The highest BCUT2D eigenvalue weighted by atomic mass is 16.3. The zero-order valence-electron chi connectivity index (χ0n) is 15.7. The molecule has 0 radical (unpaired) electrons. The van der Waals surface area contributed by atoms with Gasteiger partial charge in [-0.1, -0.05) is 24.3 Å². The van der Waals surface area contributed by atoms with Crippen molar-refractivity contribution in [2.24, 2.45) is 0 Å². The van der Waals surface area contributed by atoms with Crippen molar-refractivity contribution in [1.29, 1.82) is 10.7 Å². The summed E-state index contributed by atoms with van der Waals surface area (Å²) >= 11 is 0. The Kier molecular flexibility index (Phi) is 4.83. The minimum Gasteiger partial charge on any atom is -0.507 e. The molecule has 1 heterocycles. The Morgan fingerprint density at radius 2 is 2.00 bits per heavy atom. The molecule has 7 heteroatoms. The van der Waals surface area contributed by atoms with Crippen LogP contribution in [0.5, 0.6) is 5.75 Å². The van der Waals surface area contributed by atoms with Crippen molar-refractivity contribution in [3.8, 4) is 11.8 Å². The lowest BCUT2D eigenvalue weighted by atomic mass is 9.88. The number of aromatic nitrogens is 2. The third kappa shape index (κ3) is 3.60. The van der Waals surface area contributed by atoms with Crippen LogP contribution in [0.1, 0.15) is 34.2 Å². The SMILES string of the molecule is N#Cc1cc(C(=N)c2c(N)ncnc2NC2CCc3ccccc3C2)ccc1O. The number of phenols is 1. The van der Waals surface area contributed by atoms with E-state index in [0.717, 1.165) is 19.3 Å². The number of phenolic OH excluding ortho intramolecular Hbond substituents is 1. The molecule has 0 bridgehead atoms. The van der Waals surface area contributed by atoms with Gasteiger partial charge >= 0.3 is 0 Å². The lowest BCUT2D eigenvalue weighted by molar-refractivity contribution is 0.473. The van der Waals surface area contributed by atoms with Crippen LogP contribution in [-0.4, -0.2) is 26.8 Å². The number of nitrogens with two attached hydrogens (primary N) is 1. The first-order valence-electron chi connectivity index (χ1n) is 9.33. The van der Waals surface area contributed by atoms with Crippen molar-refractivity contribution in [2.45, 2.75) is 25.3 Å². The highest BCUT2D eigenvalue weighted by Gasteiger charge is 2.22. The fourth-order valence-corrected chi connectivity index (χ4v) is 3.69. The number of aromatic hydroxyl groups is 1. The Bertz CT molecular complexity index is 1130. The van der Waals surface area contributed by atoms with Crippen LogP contribution >= 0.6 is 0 Å². The van der Waals surface area contributed by atoms with Crippen molar-refractivity contribution in [3.63, 3.8) is 0 Å². The average Bonchev–Trinajstić information content (AvgIpc) is 2.74. The number of hydrogen-bond acceptors (Lipinski definition) is 7. The van der Waals surface area contributed by atoms with Crippen molar-refractivity contribution >= 4 is 17.3 Å². The number of nitrogens with one attached hydrogen (secondary N) is 2. The van der Waals surface area contributed by atoms with E-state index in [1.54, 1.807) is 6.07 Å². The second-order valence-corrected chi connectivity index (χ2v) is 7.05. The summed E-state index contributed by atoms with van der Waals surface area (Å²) in [7, 11) is 0. The van der Waals surface area contributed by atoms with Gasteiger partial charge in [0.1, 0.15) is 29.8 Å². The smallest absolute Gasteiger partial charge is 0.141 e. The van der Waals surface area contributed by atoms with Crippen molar-refractivity contribution < 1.29 is 5.11 Å². The number of rotatable bonds is 4. The first kappa shape index (κ1) is 18.4. The Labute approximate surface area is 168 Å². The monoisotopic (exact) mass is 384 g/mol. The van der Waals surface area contributed by atoms with Gasteiger partial charge in [-0.2, -0.15) is 5.26 Å². The molecule has 1 aromatic heterocycles. The fourth-order valence-electron chi connectivity index (χ4n) is 3.69. The third-order valence-electron chi connectivity index (χ3n) is 5.22. The summed E-state index contributed by atoms with van der Waals surface area (Å²) < 4.78 is 0. The number of hydrogen-bond donors (Lipinski definition) is 4. The van der Waals surface area contributed by atoms with Crippen LogP contribution in [0, 0.1) is 16.7 Å². The third-order valence-corrected chi connectivity index (χ3v) is 5.22. The Hall–Kier alpha value is -3.92. The molecule has 29 heavy (non-hydrogen) atoms. The van der Waals surface area contributed by atoms with Gasteiger partial charge in [-0.05, 0) is 48.6 Å². The zero-order chi connectivity index (χ0) is 20.4. The minimum atomic E-state index is -0.124. The van der Waals surface area contributed by atoms with E-state index in [0.29, 0.717) is 16.9 Å². The van der Waals surface area contributed by atoms with Crippen molar-refractivity contribution in [3.05, 3.63) is 76.6 Å². The first-order valence-corrected chi connectivity index (χ1v) is 9.33. The molecule has 0 saturated heterocycles. The molecule has 0 amide bonds. The van der Waals surface area contributed by atoms with Gasteiger partial charge in [0.15, 0.2) is 0 Å². The van der Waals surface area contributed by atoms with Gasteiger partial charge in [-0.15, -0.1) is 0 Å². The zero-order valence-corrected chi connectivity index (χ0v) is 15.7. The summed E-state index contributed by atoms with van der Waals surface area (Å²) in [6, 6.07) is 14.9. The lowest BCUT2D eigenvalue weighted by Crippen LogP contribution is -2.29. The van der Waals surface area contributed by atoms with Gasteiger partial charge in [0, 0.05) is 11.6 Å². The lowest BCUT2D eigenvalue weighted by Gasteiger charge is -2.27. The van der Waals surface area contributed by atoms with E-state index in [4.69, 9.17) is 16.4 Å². The number of nitriles is 1. The van der Waals surface area contributed by atoms with Crippen molar-refractivity contribution in [1.82, 2.24) is 9.97 Å². The van der Waals surface area contributed by atoms with Crippen LogP contribution in [0.3, 0.4) is 0 Å². The number of benzene rings is 2. The Morgan fingerprint density at radius 3 is 2.79 bits per heavy atom. The van der Waals surface area contributed by atoms with E-state index in [9.17, 15) is 5.11 Å².